The summed E-state index contributed by atoms with van der Waals surface area (Å²) in [7, 11) is 0. The van der Waals surface area contributed by atoms with Gasteiger partial charge in [-0.15, -0.1) is 0 Å². The number of hydrogen-bond donors (Lipinski definition) is 0. The maximum absolute atomic E-state index is 13.0. The van der Waals surface area contributed by atoms with Crippen LogP contribution in [0.5, 0.6) is 0 Å². The third-order valence-electron chi connectivity index (χ3n) is 3.42. The fraction of sp³-hybridized carbons (Fsp3) is 0.385. The molecule has 1 aromatic rings. The number of amides is 2. The van der Waals surface area contributed by atoms with Crippen molar-refractivity contribution in [3.63, 3.8) is 0 Å². The molecule has 2 amide bonds. The lowest BCUT2D eigenvalue weighted by Gasteiger charge is -2.19. The van der Waals surface area contributed by atoms with Crippen molar-refractivity contribution >= 4 is 12.0 Å². The summed E-state index contributed by atoms with van der Waals surface area (Å²) in [6.07, 6.45) is -1.33. The van der Waals surface area contributed by atoms with Crippen molar-refractivity contribution in [2.75, 3.05) is 6.61 Å². The molecule has 0 radical (unpaired) electrons. The lowest BCUT2D eigenvalue weighted by Crippen LogP contribution is -2.36. The molecule has 2 fully saturated rings. The van der Waals surface area contributed by atoms with E-state index in [0.717, 1.165) is 4.90 Å². The van der Waals surface area contributed by atoms with Gasteiger partial charge in [-0.25, -0.2) is 18.5 Å². The maximum atomic E-state index is 13.0. The smallest absolute Gasteiger partial charge is 0.417 e. The molecule has 2 aliphatic rings. The number of hydrogen-bond acceptors (Lipinski definition) is 3. The molecule has 0 unspecified atom stereocenters. The van der Waals surface area contributed by atoms with Crippen LogP contribution in [0.15, 0.2) is 30.3 Å². The number of nitrogens with zero attached hydrogens (tertiary/aromatic N) is 1. The standard InChI is InChI=1S/C13H11F2NO3/c14-13(15)6-9(13)11(17)16-10(7-19-12(16)18)8-4-2-1-3-5-8/h1-5,9-10H,6-7H2/t9-,10-/m0/s1. The minimum Gasteiger partial charge on any atom is -0.446 e. The second kappa shape index (κ2) is 4.01. The van der Waals surface area contributed by atoms with Gasteiger partial charge in [0.2, 0.25) is 5.91 Å². The van der Waals surface area contributed by atoms with E-state index in [1.165, 1.54) is 0 Å². The van der Waals surface area contributed by atoms with Crippen LogP contribution in [0.1, 0.15) is 18.0 Å². The Labute approximate surface area is 108 Å². The molecule has 1 saturated heterocycles. The molecule has 0 bridgehead atoms. The monoisotopic (exact) mass is 267 g/mol. The average Bonchev–Trinajstić information content (AvgIpc) is 2.86. The molecule has 3 rings (SSSR count). The Morgan fingerprint density at radius 2 is 1.95 bits per heavy atom. The van der Waals surface area contributed by atoms with Gasteiger partial charge < -0.3 is 4.74 Å². The molecule has 4 nitrogen and oxygen atoms in total. The number of imide groups is 1. The molecule has 0 spiro atoms. The molecule has 1 aromatic carbocycles. The number of rotatable bonds is 2. The molecule has 1 heterocycles. The zero-order valence-corrected chi connectivity index (χ0v) is 9.88. The van der Waals surface area contributed by atoms with Crippen molar-refractivity contribution in [3.8, 4) is 0 Å². The van der Waals surface area contributed by atoms with Crippen molar-refractivity contribution in [1.82, 2.24) is 4.90 Å². The van der Waals surface area contributed by atoms with Gasteiger partial charge in [0.25, 0.3) is 5.92 Å². The Kier molecular flexibility index (Phi) is 2.55. The third kappa shape index (κ3) is 1.97. The van der Waals surface area contributed by atoms with Gasteiger partial charge in [0.15, 0.2) is 0 Å². The van der Waals surface area contributed by atoms with E-state index in [9.17, 15) is 18.4 Å². The highest BCUT2D eigenvalue weighted by Gasteiger charge is 2.64. The van der Waals surface area contributed by atoms with Crippen LogP contribution in [-0.2, 0) is 9.53 Å². The van der Waals surface area contributed by atoms with Gasteiger partial charge in [-0.3, -0.25) is 4.79 Å². The summed E-state index contributed by atoms with van der Waals surface area (Å²) in [6, 6.07) is 8.16. The van der Waals surface area contributed by atoms with Crippen LogP contribution < -0.4 is 0 Å². The molecule has 2 atom stereocenters. The largest absolute Gasteiger partial charge is 0.446 e. The summed E-state index contributed by atoms with van der Waals surface area (Å²) in [4.78, 5) is 24.4. The number of cyclic esters (lactones) is 1. The van der Waals surface area contributed by atoms with Crippen LogP contribution in [0.3, 0.4) is 0 Å². The summed E-state index contributed by atoms with van der Waals surface area (Å²) < 4.78 is 30.7. The van der Waals surface area contributed by atoms with Crippen LogP contribution in [-0.4, -0.2) is 29.4 Å². The molecule has 1 saturated carbocycles. The summed E-state index contributed by atoms with van der Waals surface area (Å²) >= 11 is 0. The zero-order chi connectivity index (χ0) is 13.6. The summed E-state index contributed by atoms with van der Waals surface area (Å²) in [5.74, 6) is -5.22. The second-order valence-electron chi connectivity index (χ2n) is 4.73. The molecule has 100 valence electrons. The molecule has 6 heteroatoms. The van der Waals surface area contributed by atoms with E-state index >= 15 is 0 Å². The first-order valence-electron chi connectivity index (χ1n) is 5.93. The Bertz CT molecular complexity index is 532. The number of carbonyl (C=O) groups is 2. The van der Waals surface area contributed by atoms with E-state index in [4.69, 9.17) is 4.74 Å². The number of carbonyl (C=O) groups excluding carboxylic acids is 2. The van der Waals surface area contributed by atoms with E-state index in [1.54, 1.807) is 30.3 Å². The fourth-order valence-corrected chi connectivity index (χ4v) is 2.23. The zero-order valence-electron chi connectivity index (χ0n) is 9.88. The van der Waals surface area contributed by atoms with Gasteiger partial charge in [-0.1, -0.05) is 30.3 Å². The number of alkyl halides is 2. The van der Waals surface area contributed by atoms with Gasteiger partial charge in [0, 0.05) is 6.42 Å². The fourth-order valence-electron chi connectivity index (χ4n) is 2.23. The van der Waals surface area contributed by atoms with Crippen LogP contribution in [0.2, 0.25) is 0 Å². The van der Waals surface area contributed by atoms with Crippen LogP contribution in [0, 0.1) is 5.92 Å². The topological polar surface area (TPSA) is 46.6 Å². The molecular formula is C13H11F2NO3. The highest BCUT2D eigenvalue weighted by molar-refractivity contribution is 5.96. The van der Waals surface area contributed by atoms with E-state index in [0.29, 0.717) is 5.56 Å². The van der Waals surface area contributed by atoms with Gasteiger partial charge in [-0.2, -0.15) is 0 Å². The minimum absolute atomic E-state index is 0.00682. The highest BCUT2D eigenvalue weighted by atomic mass is 19.3. The Morgan fingerprint density at radius 1 is 1.32 bits per heavy atom. The summed E-state index contributed by atoms with van der Waals surface area (Å²) in [5, 5.41) is 0. The third-order valence-corrected chi connectivity index (χ3v) is 3.42. The lowest BCUT2D eigenvalue weighted by molar-refractivity contribution is -0.132. The lowest BCUT2D eigenvalue weighted by atomic mass is 10.1. The van der Waals surface area contributed by atoms with E-state index in [1.807, 2.05) is 0 Å². The van der Waals surface area contributed by atoms with E-state index < -0.39 is 36.3 Å². The second-order valence-corrected chi connectivity index (χ2v) is 4.73. The molecule has 1 aliphatic heterocycles. The quantitative estimate of drug-likeness (QED) is 0.826. The normalized spacial score (nSPS) is 28.1. The van der Waals surface area contributed by atoms with Gasteiger partial charge in [-0.05, 0) is 5.56 Å². The first kappa shape index (κ1) is 12.1. The van der Waals surface area contributed by atoms with Crippen LogP contribution in [0.4, 0.5) is 13.6 Å². The highest BCUT2D eigenvalue weighted by Crippen LogP contribution is 2.50. The van der Waals surface area contributed by atoms with Crippen molar-refractivity contribution in [3.05, 3.63) is 35.9 Å². The maximum Gasteiger partial charge on any atom is 0.417 e. The Balaban J connectivity index is 1.86. The van der Waals surface area contributed by atoms with Gasteiger partial charge in [0.1, 0.15) is 18.6 Å². The van der Waals surface area contributed by atoms with Crippen molar-refractivity contribution < 1.29 is 23.1 Å². The average molecular weight is 267 g/mol. The van der Waals surface area contributed by atoms with Crippen molar-refractivity contribution in [2.24, 2.45) is 5.92 Å². The number of benzene rings is 1. The molecule has 1 aliphatic carbocycles. The van der Waals surface area contributed by atoms with Crippen molar-refractivity contribution in [1.29, 1.82) is 0 Å². The first-order chi connectivity index (χ1) is 9.00. The minimum atomic E-state index is -2.98. The number of ether oxygens (including phenoxy) is 1. The SMILES string of the molecule is O=C1OC[C@@H](c2ccccc2)N1C(=O)[C@@H]1CC1(F)F. The van der Waals surface area contributed by atoms with E-state index in [2.05, 4.69) is 0 Å². The van der Waals surface area contributed by atoms with Gasteiger partial charge in [0.05, 0.1) is 0 Å². The molecular weight excluding hydrogens is 256 g/mol. The summed E-state index contributed by atoms with van der Waals surface area (Å²) in [5.41, 5.74) is 0.700. The Hall–Kier alpha value is -1.98. The van der Waals surface area contributed by atoms with Crippen LogP contribution in [0.25, 0.3) is 0 Å². The molecule has 0 aromatic heterocycles. The number of halogens is 2. The van der Waals surface area contributed by atoms with E-state index in [-0.39, 0.29) is 6.61 Å². The first-order valence-corrected chi connectivity index (χ1v) is 5.93. The molecule has 0 N–H and O–H groups in total. The summed E-state index contributed by atoms with van der Waals surface area (Å²) in [6.45, 7) is 0.00682. The predicted octanol–water partition coefficient (Wildman–Crippen LogP) is 2.36. The van der Waals surface area contributed by atoms with Gasteiger partial charge >= 0.3 is 6.09 Å². The molecule has 19 heavy (non-hydrogen) atoms. The van der Waals surface area contributed by atoms with Crippen LogP contribution >= 0.6 is 0 Å². The Morgan fingerprint density at radius 3 is 2.53 bits per heavy atom. The van der Waals surface area contributed by atoms with Crippen molar-refractivity contribution in [2.45, 2.75) is 18.4 Å². The predicted molar refractivity (Wildman–Crippen MR) is 60.4 cm³/mol.